The minimum Gasteiger partial charge on any atom is -0.497 e. The Morgan fingerprint density at radius 3 is 1.78 bits per heavy atom. The van der Waals surface area contributed by atoms with Crippen molar-refractivity contribution in [1.29, 1.82) is 0 Å². The van der Waals surface area contributed by atoms with Crippen LogP contribution in [-0.4, -0.2) is 224 Å². The number of carbonyl (C=O) groups is 17. The molecule has 0 aliphatic carbocycles. The van der Waals surface area contributed by atoms with E-state index in [1.165, 1.54) is 14.0 Å². The molecule has 1 aliphatic rings. The summed E-state index contributed by atoms with van der Waals surface area (Å²) in [4.78, 5) is 246. The number of aromatic amines is 2. The average molecular weight is 1760 g/mol. The molecule has 2 aromatic heterocycles. The van der Waals surface area contributed by atoms with Gasteiger partial charge in [0.15, 0.2) is 0 Å². The molecule has 1 fully saturated rings. The number of carbonyl (C=O) groups excluding carboxylic acids is 16. The Morgan fingerprint density at radius 1 is 0.616 bits per heavy atom. The first-order valence-corrected chi connectivity index (χ1v) is 42.4. The van der Waals surface area contributed by atoms with Crippen LogP contribution in [0.5, 0.6) is 5.75 Å². The number of carboxylic acids is 1. The Hall–Kier alpha value is -12.2. The number of hydrogen-bond donors (Lipinski definition) is 21. The van der Waals surface area contributed by atoms with E-state index in [0.29, 0.717) is 49.9 Å². The molecule has 6 rings (SSSR count). The van der Waals surface area contributed by atoms with Crippen molar-refractivity contribution in [2.45, 2.75) is 261 Å². The topological polar surface area (TPSA) is 646 Å². The lowest BCUT2D eigenvalue weighted by Crippen LogP contribution is -2.64. The van der Waals surface area contributed by atoms with Gasteiger partial charge in [-0.2, -0.15) is 11.8 Å². The summed E-state index contributed by atoms with van der Waals surface area (Å²) in [6, 6.07) is -0.222. The predicted octanol–water partition coefficient (Wildman–Crippen LogP) is -1.16. The summed E-state index contributed by atoms with van der Waals surface area (Å²) in [5, 5.41) is 53.2. The fraction of sp³-hybridized carbons (Fsp3) is 0.541. The molecule has 0 spiro atoms. The summed E-state index contributed by atoms with van der Waals surface area (Å²) in [6.07, 6.45) is -5.80. The SMILES string of the molecule is COc1ccc(C[C@H](NC(=O)[C@@H]2CSCC[C@H](NC(C)=O)C(=O)N[C@@H](CCC(N)=O)C(=O)N[C@@H]([C@@H](C)O)C(=O)N[C@@H](Cc3c[nH]c4ccccc34)C(=O)N[C@@H](CCC(N)=O)C(=O)N2)C(=O)N[C@@H](Cc2c(C(C)(C)C)[nH]c3c(C(C)(C)C)cc(C(C)(C)C)cc23)C(=O)N[C@@](C)(CCCCN)C(=O)N[C@@H](CCC(=O)O)C(=O)N[C@@H](CC(N)=O)C(=O)NCC(N)=O)cc1. The first kappa shape index (κ1) is 102. The molecular weight excluding hydrogens is 1640 g/mol. The summed E-state index contributed by atoms with van der Waals surface area (Å²) < 4.78 is 5.47. The van der Waals surface area contributed by atoms with Crippen molar-refractivity contribution in [2.75, 3.05) is 31.7 Å². The monoisotopic (exact) mass is 1760 g/mol. The summed E-state index contributed by atoms with van der Waals surface area (Å²) in [5.41, 5.74) is 29.0. The second-order valence-corrected chi connectivity index (χ2v) is 35.8. The molecule has 0 saturated carbocycles. The number of primary amides is 4. The number of unbranched alkanes of at least 4 members (excludes halogenated alkanes) is 1. The van der Waals surface area contributed by atoms with Crippen molar-refractivity contribution < 1.29 is 96.5 Å². The van der Waals surface area contributed by atoms with Gasteiger partial charge >= 0.3 is 5.97 Å². The molecule has 0 bridgehead atoms. The third kappa shape index (κ3) is 30.6. The quantitative estimate of drug-likeness (QED) is 0.0209. The Morgan fingerprint density at radius 2 is 1.21 bits per heavy atom. The van der Waals surface area contributed by atoms with E-state index >= 15 is 28.8 Å². The molecule has 684 valence electrons. The zero-order valence-electron chi connectivity index (χ0n) is 73.0. The number of para-hydroxylation sites is 1. The Balaban J connectivity index is 1.57. The highest BCUT2D eigenvalue weighted by atomic mass is 32.2. The van der Waals surface area contributed by atoms with Gasteiger partial charge in [0.05, 0.1) is 26.2 Å². The maximum absolute atomic E-state index is 16.3. The highest BCUT2D eigenvalue weighted by Gasteiger charge is 2.43. The first-order valence-electron chi connectivity index (χ1n) is 41.2. The van der Waals surface area contributed by atoms with Crippen molar-refractivity contribution in [3.8, 4) is 5.75 Å². The number of carboxylic acid groups (broad SMARTS) is 1. The van der Waals surface area contributed by atoms with E-state index in [9.17, 15) is 63.0 Å². The van der Waals surface area contributed by atoms with Crippen LogP contribution in [0.3, 0.4) is 0 Å². The van der Waals surface area contributed by atoms with Crippen LogP contribution < -0.4 is 97.2 Å². The number of amides is 16. The summed E-state index contributed by atoms with van der Waals surface area (Å²) in [7, 11) is 1.41. The Labute approximate surface area is 728 Å². The zero-order valence-corrected chi connectivity index (χ0v) is 73.8. The maximum atomic E-state index is 16.3. The molecule has 16 amide bonds. The number of aliphatic hydroxyl groups excluding tert-OH is 1. The number of H-pyrrole nitrogens is 2. The summed E-state index contributed by atoms with van der Waals surface area (Å²) in [6.45, 7) is 20.9. The number of aromatic nitrogens is 2. The van der Waals surface area contributed by atoms with Crippen molar-refractivity contribution in [2.24, 2.45) is 28.7 Å². The van der Waals surface area contributed by atoms with Gasteiger partial charge in [0.25, 0.3) is 0 Å². The van der Waals surface area contributed by atoms with E-state index in [1.807, 2.05) is 68.4 Å². The van der Waals surface area contributed by atoms with Crippen LogP contribution >= 0.6 is 11.8 Å². The smallest absolute Gasteiger partial charge is 0.303 e. The molecule has 125 heavy (non-hydrogen) atoms. The highest BCUT2D eigenvalue weighted by molar-refractivity contribution is 7.99. The van der Waals surface area contributed by atoms with E-state index in [0.717, 1.165) is 36.7 Å². The standard InChI is InChI=1S/C85H123N19O20S/c1-43(105)68-80(122)99-59(35-46-40-91-53-19-15-14-18-49(46)53)77(119)95-54(24-27-63(87)107)72(114)100-62(42-125-33-30-57(93-44(2)106)74(116)94-55(75(117)103-68)25-28-64(88)108)78(120)96-58(34-45-20-22-48(124-13)23-21-45)76(118)97-60(38-51-50-36-47(82(3,4)5)37-52(83(6,7)8)69(50)102-70(51)84(9,10)11)79(121)104-85(12,31-16-17-32-86)81(123)101-56(26-29-67(111)112)73(115)98-61(39-65(89)109)71(113)92-41-66(90)110/h14-15,18-23,36-37,40,43,54-62,68,91,102,105H,16-17,24-35,38-39,41-42,86H2,1-13H3,(H2,87,107)(H2,88,108)(H2,89,109)(H2,90,110)(H,92,113)(H,93,106)(H,94,116)(H,95,119)(H,96,120)(H,97,118)(H,98,115)(H,99,122)(H,100,114)(H,101,123)(H,103,117)(H,104,121)(H,111,112)/t43-,54+,55+,56+,57+,58+,59+,60+,61+,62+,68+,85+/m1/s1. The van der Waals surface area contributed by atoms with Crippen LogP contribution in [0.2, 0.25) is 0 Å². The Bertz CT molecular complexity index is 4780. The number of hydrogen-bond acceptors (Lipinski definition) is 21. The number of nitrogens with one attached hydrogen (secondary N) is 14. The number of rotatable bonds is 37. The van der Waals surface area contributed by atoms with Gasteiger partial charge in [0, 0.05) is 90.3 Å². The van der Waals surface area contributed by atoms with E-state index in [-0.39, 0.29) is 50.8 Å². The number of fused-ring (bicyclic) bond motifs is 2. The largest absolute Gasteiger partial charge is 0.497 e. The number of benzene rings is 3. The van der Waals surface area contributed by atoms with E-state index < -0.39 is 252 Å². The lowest BCUT2D eigenvalue weighted by atomic mass is 9.78. The summed E-state index contributed by atoms with van der Waals surface area (Å²) >= 11 is 0.925. The van der Waals surface area contributed by atoms with Crippen LogP contribution in [0.4, 0.5) is 0 Å². The Kier molecular flexibility index (Phi) is 36.9. The molecule has 1 aliphatic heterocycles. The molecule has 40 heteroatoms. The number of aliphatic carboxylic acids is 1. The minimum atomic E-state index is -2.14. The van der Waals surface area contributed by atoms with Crippen molar-refractivity contribution in [3.05, 3.63) is 100 Å². The fourth-order valence-electron chi connectivity index (χ4n) is 14.1. The van der Waals surface area contributed by atoms with Gasteiger partial charge in [0.2, 0.25) is 94.5 Å². The van der Waals surface area contributed by atoms with Gasteiger partial charge in [-0.25, -0.2) is 0 Å². The zero-order chi connectivity index (χ0) is 93.3. The number of thioether (sulfide) groups is 1. The normalized spacial score (nSPS) is 18.9. The van der Waals surface area contributed by atoms with Crippen molar-refractivity contribution in [1.82, 2.24) is 73.8 Å². The lowest BCUT2D eigenvalue weighted by molar-refractivity contribution is -0.140. The summed E-state index contributed by atoms with van der Waals surface area (Å²) in [5.74, 6) is -18.4. The molecule has 39 nitrogen and oxygen atoms in total. The van der Waals surface area contributed by atoms with Crippen LogP contribution in [0, 0.1) is 0 Å². The number of methoxy groups -OCH3 is 1. The van der Waals surface area contributed by atoms with Gasteiger partial charge in [-0.1, -0.05) is 98.7 Å². The molecule has 26 N–H and O–H groups in total. The van der Waals surface area contributed by atoms with Crippen molar-refractivity contribution in [3.63, 3.8) is 0 Å². The van der Waals surface area contributed by atoms with Crippen LogP contribution in [0.1, 0.15) is 187 Å². The molecule has 12 atom stereocenters. The molecule has 5 aromatic rings. The molecule has 3 aromatic carbocycles. The van der Waals surface area contributed by atoms with Gasteiger partial charge in [0.1, 0.15) is 71.7 Å². The number of ether oxygens (including phenoxy) is 1. The third-order valence-electron chi connectivity index (χ3n) is 21.1. The average Bonchev–Trinajstić information content (AvgIpc) is 1.58. The van der Waals surface area contributed by atoms with Crippen molar-refractivity contribution >= 4 is 134 Å². The van der Waals surface area contributed by atoms with Gasteiger partial charge in [-0.3, -0.25) is 81.5 Å². The van der Waals surface area contributed by atoms with Crippen LogP contribution in [-0.2, 0) is 117 Å². The van der Waals surface area contributed by atoms with E-state index in [4.69, 9.17) is 33.4 Å². The van der Waals surface area contributed by atoms with Gasteiger partial charge in [-0.15, -0.1) is 0 Å². The first-order chi connectivity index (χ1) is 58.4. The molecule has 0 radical (unpaired) electrons. The molecule has 3 heterocycles. The van der Waals surface area contributed by atoms with E-state index in [1.54, 1.807) is 54.7 Å². The van der Waals surface area contributed by atoms with Crippen LogP contribution in [0.25, 0.3) is 21.8 Å². The van der Waals surface area contributed by atoms with Gasteiger partial charge in [-0.05, 0) is 134 Å². The molecule has 1 saturated heterocycles. The number of nitrogens with two attached hydrogens (primary N) is 5. The second-order valence-electron chi connectivity index (χ2n) is 34.7. The second kappa shape index (κ2) is 45.4. The fourth-order valence-corrected chi connectivity index (χ4v) is 15.2. The lowest BCUT2D eigenvalue weighted by Gasteiger charge is -2.34. The third-order valence-corrected chi connectivity index (χ3v) is 22.2. The highest BCUT2D eigenvalue weighted by Crippen LogP contribution is 2.41. The molecule has 0 unspecified atom stereocenters. The van der Waals surface area contributed by atoms with E-state index in [2.05, 4.69) is 79.8 Å². The maximum Gasteiger partial charge on any atom is 0.303 e. The van der Waals surface area contributed by atoms with Gasteiger partial charge < -0.3 is 117 Å². The minimum absolute atomic E-state index is 0.0798. The molecular formula is C85H123N19O20S. The van der Waals surface area contributed by atoms with Crippen LogP contribution in [0.15, 0.2) is 66.9 Å². The predicted molar refractivity (Wildman–Crippen MR) is 465 cm³/mol. The number of aliphatic hydroxyl groups is 1.